The van der Waals surface area contributed by atoms with E-state index < -0.39 is 0 Å². The predicted octanol–water partition coefficient (Wildman–Crippen LogP) is 0.766. The second-order valence-electron chi connectivity index (χ2n) is 5.04. The minimum atomic E-state index is 0.0912. The van der Waals surface area contributed by atoms with Crippen molar-refractivity contribution in [3.63, 3.8) is 0 Å². The van der Waals surface area contributed by atoms with E-state index in [1.54, 1.807) is 0 Å². The van der Waals surface area contributed by atoms with Crippen LogP contribution < -0.4 is 16.4 Å². The number of nitrogens with one attached hydrogen (secondary N) is 2. The van der Waals surface area contributed by atoms with Crippen LogP contribution >= 0.6 is 0 Å². The van der Waals surface area contributed by atoms with Crippen molar-refractivity contribution < 1.29 is 9.53 Å². The summed E-state index contributed by atoms with van der Waals surface area (Å²) in [6.45, 7) is 4.58. The molecule has 116 valence electrons. The predicted molar refractivity (Wildman–Crippen MR) is 80.6 cm³/mol. The first-order chi connectivity index (χ1) is 9.72. The molecular weight excluding hydrogens is 256 g/mol. The van der Waals surface area contributed by atoms with Crippen molar-refractivity contribution >= 4 is 11.9 Å². The van der Waals surface area contributed by atoms with Gasteiger partial charge in [-0.05, 0) is 26.2 Å². The highest BCUT2D eigenvalue weighted by Crippen LogP contribution is 2.17. The van der Waals surface area contributed by atoms with Gasteiger partial charge < -0.3 is 21.1 Å². The molecule has 0 unspecified atom stereocenters. The zero-order valence-corrected chi connectivity index (χ0v) is 12.5. The number of nitrogens with zero attached hydrogens (tertiary/aromatic N) is 1. The average Bonchev–Trinajstić information content (AvgIpc) is 2.91. The molecule has 0 atom stereocenters. The van der Waals surface area contributed by atoms with Crippen LogP contribution in [0, 0.1) is 0 Å². The highest BCUT2D eigenvalue weighted by Gasteiger charge is 2.16. The van der Waals surface area contributed by atoms with Gasteiger partial charge in [-0.2, -0.15) is 0 Å². The topological polar surface area (TPSA) is 88.7 Å². The summed E-state index contributed by atoms with van der Waals surface area (Å²) in [7, 11) is 0. The number of rotatable bonds is 9. The third kappa shape index (κ3) is 7.99. The van der Waals surface area contributed by atoms with Gasteiger partial charge in [-0.15, -0.1) is 0 Å². The average molecular weight is 284 g/mol. The lowest BCUT2D eigenvalue weighted by molar-refractivity contribution is -0.121. The molecule has 1 aliphatic carbocycles. The second kappa shape index (κ2) is 10.5. The van der Waals surface area contributed by atoms with Crippen LogP contribution in [0.1, 0.15) is 45.4 Å². The van der Waals surface area contributed by atoms with Gasteiger partial charge in [0.2, 0.25) is 5.91 Å². The number of ether oxygens (including phenoxy) is 1. The van der Waals surface area contributed by atoms with Gasteiger partial charge >= 0.3 is 0 Å². The Kier molecular flexibility index (Phi) is 8.78. The van der Waals surface area contributed by atoms with Gasteiger partial charge in [-0.1, -0.05) is 12.8 Å². The zero-order chi connectivity index (χ0) is 14.6. The summed E-state index contributed by atoms with van der Waals surface area (Å²) >= 11 is 0. The van der Waals surface area contributed by atoms with E-state index in [2.05, 4.69) is 15.6 Å². The molecule has 0 radical (unpaired) electrons. The Morgan fingerprint density at radius 1 is 1.40 bits per heavy atom. The summed E-state index contributed by atoms with van der Waals surface area (Å²) in [6, 6.07) is 0.382. The Hall–Kier alpha value is -1.30. The Balaban J connectivity index is 2.00. The van der Waals surface area contributed by atoms with Crippen LogP contribution in [0.25, 0.3) is 0 Å². The summed E-state index contributed by atoms with van der Waals surface area (Å²) in [6.07, 6.45) is 5.98. The molecule has 0 aromatic heterocycles. The van der Waals surface area contributed by atoms with Crippen LogP contribution in [0.5, 0.6) is 0 Å². The second-order valence-corrected chi connectivity index (χ2v) is 5.04. The standard InChI is InChI=1S/C14H28N4O2/c1-2-20-11-5-9-16-14(15)17-10-8-13(19)18-12-6-3-4-7-12/h12H,2-11H2,1H3,(H,18,19)(H3,15,16,17). The maximum absolute atomic E-state index is 11.7. The number of hydrogen-bond acceptors (Lipinski definition) is 3. The van der Waals surface area contributed by atoms with Gasteiger partial charge in [0.05, 0.1) is 0 Å². The van der Waals surface area contributed by atoms with Gasteiger partial charge in [-0.25, -0.2) is 0 Å². The van der Waals surface area contributed by atoms with Crippen molar-refractivity contribution in [2.24, 2.45) is 10.7 Å². The van der Waals surface area contributed by atoms with Crippen LogP contribution in [0.2, 0.25) is 0 Å². The molecule has 20 heavy (non-hydrogen) atoms. The summed E-state index contributed by atoms with van der Waals surface area (Å²) in [5, 5.41) is 6.00. The highest BCUT2D eigenvalue weighted by atomic mass is 16.5. The zero-order valence-electron chi connectivity index (χ0n) is 12.5. The van der Waals surface area contributed by atoms with E-state index in [9.17, 15) is 4.79 Å². The molecule has 0 saturated heterocycles. The van der Waals surface area contributed by atoms with E-state index in [0.29, 0.717) is 38.1 Å². The summed E-state index contributed by atoms with van der Waals surface area (Å²) in [5.41, 5.74) is 5.70. The van der Waals surface area contributed by atoms with Crippen molar-refractivity contribution in [1.29, 1.82) is 0 Å². The molecule has 1 saturated carbocycles. The quantitative estimate of drug-likeness (QED) is 0.331. The van der Waals surface area contributed by atoms with Gasteiger partial charge in [0.25, 0.3) is 0 Å². The number of carbonyl (C=O) groups excluding carboxylic acids is 1. The minimum Gasteiger partial charge on any atom is -0.382 e. The van der Waals surface area contributed by atoms with E-state index in [0.717, 1.165) is 25.9 Å². The number of guanidine groups is 1. The molecule has 6 nitrogen and oxygen atoms in total. The molecule has 4 N–H and O–H groups in total. The lowest BCUT2D eigenvalue weighted by Gasteiger charge is -2.12. The third-order valence-electron chi connectivity index (χ3n) is 3.31. The lowest BCUT2D eigenvalue weighted by atomic mass is 10.2. The van der Waals surface area contributed by atoms with E-state index in [1.165, 1.54) is 12.8 Å². The molecule has 0 aromatic rings. The molecule has 0 bridgehead atoms. The molecule has 1 aliphatic rings. The van der Waals surface area contributed by atoms with Crippen molar-refractivity contribution in [3.8, 4) is 0 Å². The summed E-state index contributed by atoms with van der Waals surface area (Å²) in [4.78, 5) is 15.8. The first-order valence-electron chi connectivity index (χ1n) is 7.63. The number of nitrogens with two attached hydrogens (primary N) is 1. The molecule has 1 rings (SSSR count). The summed E-state index contributed by atoms with van der Waals surface area (Å²) in [5.74, 6) is 0.490. The molecular formula is C14H28N4O2. The van der Waals surface area contributed by atoms with Crippen LogP contribution in [-0.2, 0) is 9.53 Å². The number of hydrogen-bond donors (Lipinski definition) is 3. The normalized spacial score (nSPS) is 16.4. The van der Waals surface area contributed by atoms with Gasteiger partial charge in [-0.3, -0.25) is 9.79 Å². The molecule has 0 heterocycles. The first kappa shape index (κ1) is 16.8. The van der Waals surface area contributed by atoms with E-state index in [1.807, 2.05) is 6.92 Å². The van der Waals surface area contributed by atoms with Gasteiger partial charge in [0, 0.05) is 38.8 Å². The van der Waals surface area contributed by atoms with Crippen molar-refractivity contribution in [2.75, 3.05) is 26.3 Å². The smallest absolute Gasteiger partial charge is 0.221 e. The number of aliphatic imine (C=N–C) groups is 1. The Labute approximate surface area is 121 Å². The first-order valence-corrected chi connectivity index (χ1v) is 7.63. The lowest BCUT2D eigenvalue weighted by Crippen LogP contribution is -2.37. The van der Waals surface area contributed by atoms with Crippen molar-refractivity contribution in [3.05, 3.63) is 0 Å². The van der Waals surface area contributed by atoms with E-state index in [4.69, 9.17) is 10.5 Å². The fourth-order valence-electron chi connectivity index (χ4n) is 2.24. The van der Waals surface area contributed by atoms with Crippen molar-refractivity contribution in [2.45, 2.75) is 51.5 Å². The minimum absolute atomic E-state index is 0.0912. The Morgan fingerprint density at radius 2 is 2.15 bits per heavy atom. The number of carbonyl (C=O) groups is 1. The van der Waals surface area contributed by atoms with Crippen LogP contribution in [-0.4, -0.2) is 44.2 Å². The van der Waals surface area contributed by atoms with Crippen LogP contribution in [0.4, 0.5) is 0 Å². The maximum atomic E-state index is 11.7. The largest absolute Gasteiger partial charge is 0.382 e. The van der Waals surface area contributed by atoms with Crippen LogP contribution in [0.3, 0.4) is 0 Å². The molecule has 6 heteroatoms. The third-order valence-corrected chi connectivity index (χ3v) is 3.31. The highest BCUT2D eigenvalue weighted by molar-refractivity contribution is 5.80. The molecule has 0 spiro atoms. The molecule has 1 fully saturated rings. The fraction of sp³-hybridized carbons (Fsp3) is 0.857. The van der Waals surface area contributed by atoms with Gasteiger partial charge in [0.15, 0.2) is 5.96 Å². The molecule has 0 aliphatic heterocycles. The monoisotopic (exact) mass is 284 g/mol. The maximum Gasteiger partial charge on any atom is 0.221 e. The Morgan fingerprint density at radius 3 is 2.85 bits per heavy atom. The van der Waals surface area contributed by atoms with E-state index >= 15 is 0 Å². The van der Waals surface area contributed by atoms with Gasteiger partial charge in [0.1, 0.15) is 0 Å². The van der Waals surface area contributed by atoms with Crippen molar-refractivity contribution in [1.82, 2.24) is 10.6 Å². The molecule has 0 aromatic carbocycles. The fourth-order valence-corrected chi connectivity index (χ4v) is 2.24. The van der Waals surface area contributed by atoms with E-state index in [-0.39, 0.29) is 5.91 Å². The van der Waals surface area contributed by atoms with Crippen LogP contribution in [0.15, 0.2) is 4.99 Å². The summed E-state index contributed by atoms with van der Waals surface area (Å²) < 4.78 is 5.21. The number of amides is 1. The SMILES string of the molecule is CCOCCCN=C(N)NCCC(=O)NC1CCCC1. The Bertz CT molecular complexity index is 302. The molecule has 1 amide bonds.